The molecule has 1 aromatic carbocycles. The number of phenolic OH excluding ortho intramolecular Hbond substituents is 1. The second kappa shape index (κ2) is 3.96. The largest absolute Gasteiger partial charge is 0.504 e. The van der Waals surface area contributed by atoms with Crippen LogP contribution in [0.4, 0.5) is 0 Å². The number of phenols is 1. The fourth-order valence-electron chi connectivity index (χ4n) is 2.38. The maximum Gasteiger partial charge on any atom is 0.232 e. The van der Waals surface area contributed by atoms with Crippen LogP contribution in [0.3, 0.4) is 0 Å². The lowest BCUT2D eigenvalue weighted by Crippen LogP contribution is -2.11. The van der Waals surface area contributed by atoms with Gasteiger partial charge < -0.3 is 13.9 Å². The second-order valence-electron chi connectivity index (χ2n) is 4.72. The summed E-state index contributed by atoms with van der Waals surface area (Å²) in [6.07, 6.45) is 0. The highest BCUT2D eigenvalue weighted by molar-refractivity contribution is 5.76. The summed E-state index contributed by atoms with van der Waals surface area (Å²) in [4.78, 5) is 23.8. The molecule has 21 heavy (non-hydrogen) atoms. The summed E-state index contributed by atoms with van der Waals surface area (Å²) in [6.45, 7) is 0. The number of hydrogen-bond acceptors (Lipinski definition) is 5. The Morgan fingerprint density at radius 2 is 1.81 bits per heavy atom. The van der Waals surface area contributed by atoms with Gasteiger partial charge in [0.25, 0.3) is 0 Å². The van der Waals surface area contributed by atoms with Gasteiger partial charge in [-0.25, -0.2) is 0 Å². The molecule has 0 fully saturated rings. The van der Waals surface area contributed by atoms with Crippen LogP contribution < -0.4 is 10.9 Å². The highest BCUT2D eigenvalue weighted by Crippen LogP contribution is 2.26. The van der Waals surface area contributed by atoms with Crippen molar-refractivity contribution in [3.63, 3.8) is 0 Å². The average Bonchev–Trinajstić information content (AvgIpc) is 2.47. The fourth-order valence-corrected chi connectivity index (χ4v) is 2.38. The second-order valence-corrected chi connectivity index (χ2v) is 4.72. The zero-order valence-electron chi connectivity index (χ0n) is 10.6. The maximum absolute atomic E-state index is 12.4. The normalized spacial score (nSPS) is 11.4. The van der Waals surface area contributed by atoms with E-state index in [4.69, 9.17) is 8.83 Å². The van der Waals surface area contributed by atoms with E-state index in [1.807, 2.05) is 0 Å². The number of fused-ring (bicyclic) bond motifs is 2. The summed E-state index contributed by atoms with van der Waals surface area (Å²) in [6, 6.07) is 10.5. The fraction of sp³-hybridized carbons (Fsp3) is 0. The lowest BCUT2D eigenvalue weighted by atomic mass is 10.0. The van der Waals surface area contributed by atoms with E-state index in [0.717, 1.165) is 0 Å². The predicted octanol–water partition coefficient (Wildman–Crippen LogP) is 2.28. The molecule has 0 saturated heterocycles. The van der Waals surface area contributed by atoms with Crippen molar-refractivity contribution in [3.8, 4) is 16.9 Å². The number of hydrogen-bond donors (Lipinski definition) is 1. The van der Waals surface area contributed by atoms with E-state index >= 15 is 0 Å². The zero-order valence-corrected chi connectivity index (χ0v) is 10.6. The van der Waals surface area contributed by atoms with Gasteiger partial charge in [0.2, 0.25) is 16.4 Å². The molecule has 1 N–H and O–H groups in total. The minimum absolute atomic E-state index is 0.0258. The molecule has 1 aromatic rings. The molecule has 5 nitrogen and oxygen atoms in total. The minimum Gasteiger partial charge on any atom is -0.504 e. The van der Waals surface area contributed by atoms with Gasteiger partial charge in [0, 0.05) is 5.56 Å². The Hall–Kier alpha value is -3.08. The van der Waals surface area contributed by atoms with E-state index in [-0.39, 0.29) is 33.2 Å². The minimum atomic E-state index is -0.436. The van der Waals surface area contributed by atoms with Gasteiger partial charge in [0.1, 0.15) is 0 Å². The lowest BCUT2D eigenvalue weighted by molar-refractivity contribution is 0.431. The first-order chi connectivity index (χ1) is 10.1. The summed E-state index contributed by atoms with van der Waals surface area (Å²) in [5.74, 6) is -0.116. The van der Waals surface area contributed by atoms with Crippen molar-refractivity contribution in [1.82, 2.24) is 0 Å². The topological polar surface area (TPSA) is 80.7 Å². The third kappa shape index (κ3) is 1.64. The Kier molecular flexibility index (Phi) is 2.21. The van der Waals surface area contributed by atoms with Crippen LogP contribution in [0.1, 0.15) is 0 Å². The first kappa shape index (κ1) is 11.7. The van der Waals surface area contributed by atoms with Crippen molar-refractivity contribution in [2.24, 2.45) is 0 Å². The zero-order chi connectivity index (χ0) is 14.6. The summed E-state index contributed by atoms with van der Waals surface area (Å²) in [5.41, 5.74) is 0.857. The monoisotopic (exact) mass is 280 g/mol. The molecule has 0 bridgehead atoms. The van der Waals surface area contributed by atoms with E-state index in [1.165, 1.54) is 18.2 Å². The number of rotatable bonds is 0. The molecule has 2 aliphatic carbocycles. The Balaban J connectivity index is 2.33. The van der Waals surface area contributed by atoms with Gasteiger partial charge in [-0.3, -0.25) is 9.59 Å². The molecule has 1 heterocycles. The molecule has 0 saturated carbocycles. The molecule has 0 amide bonds. The van der Waals surface area contributed by atoms with E-state index < -0.39 is 5.43 Å². The summed E-state index contributed by atoms with van der Waals surface area (Å²) in [7, 11) is 0. The molecule has 0 spiro atoms. The molecular formula is C16H8O5. The van der Waals surface area contributed by atoms with Crippen LogP contribution >= 0.6 is 0 Å². The molecule has 0 unspecified atom stereocenters. The summed E-state index contributed by atoms with van der Waals surface area (Å²) >= 11 is 0. The van der Waals surface area contributed by atoms with E-state index in [2.05, 4.69) is 0 Å². The van der Waals surface area contributed by atoms with Gasteiger partial charge in [0.15, 0.2) is 22.2 Å². The van der Waals surface area contributed by atoms with Crippen LogP contribution in [0, 0.1) is 10.8 Å². The standard InChI is InChI=1S/C16H8O5/c17-9-5-4-8-6-13-16(14(19)10(8)7-9)21-15-11(18)2-1-3-12(15)20-13/h1-7,18H. The van der Waals surface area contributed by atoms with Crippen LogP contribution in [0.15, 0.2) is 60.9 Å². The smallest absolute Gasteiger partial charge is 0.232 e. The Morgan fingerprint density at radius 3 is 2.67 bits per heavy atom. The van der Waals surface area contributed by atoms with E-state index in [1.54, 1.807) is 24.3 Å². The Labute approximate surface area is 116 Å². The molecule has 0 radical (unpaired) electrons. The number of aromatic hydroxyl groups is 1. The molecule has 0 atom stereocenters. The molecule has 4 rings (SSSR count). The van der Waals surface area contributed by atoms with Crippen molar-refractivity contribution in [2.45, 2.75) is 0 Å². The highest BCUT2D eigenvalue weighted by atomic mass is 16.4. The summed E-state index contributed by atoms with van der Waals surface area (Å²) < 4.78 is 11.1. The number of para-hydroxylation sites is 1. The third-order valence-electron chi connectivity index (χ3n) is 3.37. The molecular weight excluding hydrogens is 272 g/mol. The van der Waals surface area contributed by atoms with Crippen molar-refractivity contribution < 1.29 is 13.9 Å². The number of benzene rings is 2. The van der Waals surface area contributed by atoms with Crippen molar-refractivity contribution in [1.29, 1.82) is 0 Å². The van der Waals surface area contributed by atoms with E-state index in [0.29, 0.717) is 11.1 Å². The quantitative estimate of drug-likeness (QED) is 0.534. The van der Waals surface area contributed by atoms with Crippen molar-refractivity contribution in [2.75, 3.05) is 0 Å². The summed E-state index contributed by atoms with van der Waals surface area (Å²) in [5, 5.41) is 9.77. The average molecular weight is 280 g/mol. The third-order valence-corrected chi connectivity index (χ3v) is 3.37. The SMILES string of the molecule is O=c1ccc2cc3oc4cccc(O)c4oc=3c(=O)c-2c1. The van der Waals surface area contributed by atoms with Crippen molar-refractivity contribution in [3.05, 3.63) is 73.7 Å². The van der Waals surface area contributed by atoms with Crippen LogP contribution in [-0.4, -0.2) is 5.11 Å². The van der Waals surface area contributed by atoms with Gasteiger partial charge in [-0.05, 0) is 35.9 Å². The van der Waals surface area contributed by atoms with Crippen LogP contribution in [0.25, 0.3) is 22.3 Å². The van der Waals surface area contributed by atoms with Gasteiger partial charge in [-0.1, -0.05) is 12.1 Å². The van der Waals surface area contributed by atoms with Gasteiger partial charge in [0.05, 0.1) is 0 Å². The lowest BCUT2D eigenvalue weighted by Gasteiger charge is -2.05. The Morgan fingerprint density at radius 1 is 0.952 bits per heavy atom. The molecule has 0 aromatic heterocycles. The molecule has 5 heteroatoms. The predicted molar refractivity (Wildman–Crippen MR) is 74.6 cm³/mol. The van der Waals surface area contributed by atoms with Gasteiger partial charge >= 0.3 is 0 Å². The van der Waals surface area contributed by atoms with Crippen LogP contribution in [0.5, 0.6) is 5.75 Å². The first-order valence-corrected chi connectivity index (χ1v) is 6.26. The van der Waals surface area contributed by atoms with Crippen LogP contribution in [-0.2, 0) is 0 Å². The molecule has 1 aliphatic heterocycles. The maximum atomic E-state index is 12.4. The van der Waals surface area contributed by atoms with E-state index in [9.17, 15) is 14.7 Å². The molecule has 3 aliphatic rings. The van der Waals surface area contributed by atoms with Gasteiger partial charge in [-0.2, -0.15) is 0 Å². The molecule has 102 valence electrons. The van der Waals surface area contributed by atoms with Gasteiger partial charge in [-0.15, -0.1) is 0 Å². The first-order valence-electron chi connectivity index (χ1n) is 6.26. The Bertz CT molecular complexity index is 1140. The van der Waals surface area contributed by atoms with Crippen LogP contribution in [0.2, 0.25) is 0 Å². The van der Waals surface area contributed by atoms with Crippen molar-refractivity contribution >= 4 is 11.2 Å². The highest BCUT2D eigenvalue weighted by Gasteiger charge is 2.14.